The summed E-state index contributed by atoms with van der Waals surface area (Å²) in [6.45, 7) is 3.28. The number of thioether (sulfide) groups is 1. The highest BCUT2D eigenvalue weighted by molar-refractivity contribution is 7.99. The summed E-state index contributed by atoms with van der Waals surface area (Å²) in [4.78, 5) is 2.80. The second-order valence-corrected chi connectivity index (χ2v) is 10.5. The van der Waals surface area contributed by atoms with Gasteiger partial charge in [0.2, 0.25) is 0 Å². The maximum atomic E-state index is 14.3. The smallest absolute Gasteiger partial charge is 0.348 e. The van der Waals surface area contributed by atoms with Crippen LogP contribution in [0.5, 0.6) is 0 Å². The van der Waals surface area contributed by atoms with Crippen LogP contribution in [0.1, 0.15) is 71.6 Å². The zero-order chi connectivity index (χ0) is 30.3. The molecule has 0 saturated heterocycles. The zero-order valence-electron chi connectivity index (χ0n) is 21.4. The fraction of sp³-hybridized carbons (Fsp3) is 0.913. The minimum Gasteiger partial charge on any atom is -0.348 e. The predicted octanol–water partition coefficient (Wildman–Crippen LogP) is 9.38. The summed E-state index contributed by atoms with van der Waals surface area (Å²) < 4.78 is 174. The Kier molecular flexibility index (Phi) is 12.5. The van der Waals surface area contributed by atoms with Crippen molar-refractivity contribution >= 4 is 11.8 Å². The molecule has 0 amide bonds. The average molecular weight is 617 g/mol. The third-order valence-electron chi connectivity index (χ3n) is 6.23. The van der Waals surface area contributed by atoms with Crippen molar-refractivity contribution in [3.05, 3.63) is 12.4 Å². The molecular weight excluding hydrogens is 583 g/mol. The van der Waals surface area contributed by atoms with Crippen LogP contribution < -0.4 is 0 Å². The van der Waals surface area contributed by atoms with Gasteiger partial charge in [-0.1, -0.05) is 52.4 Å². The van der Waals surface area contributed by atoms with E-state index in [0.29, 0.717) is 25.1 Å². The summed E-state index contributed by atoms with van der Waals surface area (Å²) in [5.41, 5.74) is -0.715. The fourth-order valence-corrected chi connectivity index (χ4v) is 5.11. The van der Waals surface area contributed by atoms with Gasteiger partial charge in [-0.3, -0.25) is 0 Å². The van der Waals surface area contributed by atoms with E-state index in [1.807, 2.05) is 13.8 Å². The minimum absolute atomic E-state index is 0.451. The Morgan fingerprint density at radius 2 is 1.03 bits per heavy atom. The van der Waals surface area contributed by atoms with Gasteiger partial charge in [0.15, 0.2) is 0 Å². The highest BCUT2D eigenvalue weighted by Gasteiger charge is 2.90. The predicted molar refractivity (Wildman–Crippen MR) is 122 cm³/mol. The number of hydrogen-bond donors (Lipinski definition) is 0. The lowest BCUT2D eigenvalue weighted by Crippen LogP contribution is -2.70. The lowest BCUT2D eigenvalue weighted by Gasteiger charge is -2.40. The number of nitrogens with zero attached hydrogens (tertiary/aromatic N) is 2. The van der Waals surface area contributed by atoms with Gasteiger partial charge in [0.1, 0.15) is 5.50 Å². The van der Waals surface area contributed by atoms with E-state index in [1.165, 1.54) is 24.2 Å². The molecule has 16 heteroatoms. The van der Waals surface area contributed by atoms with Crippen LogP contribution in [0.15, 0.2) is 12.4 Å². The SMILES string of the molecule is CCCCCCCCN1C=CN(CCC(F)(F)C(F)(F)C(F)(F)C(F)(F)C(F)(F)C(F)(F)F)C1SCCCC. The van der Waals surface area contributed by atoms with Crippen LogP contribution >= 0.6 is 11.8 Å². The van der Waals surface area contributed by atoms with Crippen molar-refractivity contribution < 1.29 is 57.1 Å². The molecule has 0 spiro atoms. The van der Waals surface area contributed by atoms with Gasteiger partial charge in [-0.2, -0.15) is 57.1 Å². The molecule has 1 heterocycles. The van der Waals surface area contributed by atoms with Crippen molar-refractivity contribution in [2.24, 2.45) is 0 Å². The Morgan fingerprint density at radius 3 is 1.54 bits per heavy atom. The molecule has 0 aromatic heterocycles. The quantitative estimate of drug-likeness (QED) is 0.112. The van der Waals surface area contributed by atoms with Crippen molar-refractivity contribution in [1.29, 1.82) is 0 Å². The Hall–Kier alpha value is -1.22. The fourth-order valence-electron chi connectivity index (χ4n) is 3.71. The van der Waals surface area contributed by atoms with Gasteiger partial charge >= 0.3 is 35.8 Å². The van der Waals surface area contributed by atoms with Crippen LogP contribution in [0.4, 0.5) is 57.1 Å². The van der Waals surface area contributed by atoms with E-state index in [4.69, 9.17) is 0 Å². The Labute approximate surface area is 223 Å². The largest absolute Gasteiger partial charge is 0.460 e. The molecule has 39 heavy (non-hydrogen) atoms. The van der Waals surface area contributed by atoms with Crippen LogP contribution in [-0.4, -0.2) is 69.9 Å². The number of unbranched alkanes of at least 4 members (excludes halogenated alkanes) is 6. The van der Waals surface area contributed by atoms with Gasteiger partial charge in [-0.25, -0.2) is 0 Å². The van der Waals surface area contributed by atoms with Gasteiger partial charge in [-0.05, 0) is 18.6 Å². The van der Waals surface area contributed by atoms with E-state index in [2.05, 4.69) is 0 Å². The number of hydrogen-bond acceptors (Lipinski definition) is 3. The molecule has 0 saturated carbocycles. The first-order chi connectivity index (χ1) is 17.7. The third kappa shape index (κ3) is 7.75. The summed E-state index contributed by atoms with van der Waals surface area (Å²) in [5, 5.41) is 0. The number of halogens is 13. The van der Waals surface area contributed by atoms with Crippen LogP contribution in [0, 0.1) is 0 Å². The van der Waals surface area contributed by atoms with Crippen LogP contribution in [0.2, 0.25) is 0 Å². The molecule has 0 aliphatic carbocycles. The molecule has 232 valence electrons. The molecule has 1 aliphatic rings. The van der Waals surface area contributed by atoms with Crippen LogP contribution in [0.25, 0.3) is 0 Å². The molecule has 1 unspecified atom stereocenters. The Morgan fingerprint density at radius 1 is 0.564 bits per heavy atom. The van der Waals surface area contributed by atoms with Crippen molar-refractivity contribution in [3.63, 3.8) is 0 Å². The minimum atomic E-state index is -7.87. The topological polar surface area (TPSA) is 6.48 Å². The molecule has 0 aromatic carbocycles. The molecular formula is C23H33F13N2S. The number of rotatable bonds is 18. The molecule has 0 radical (unpaired) electrons. The van der Waals surface area contributed by atoms with Crippen LogP contribution in [0.3, 0.4) is 0 Å². The molecule has 1 atom stereocenters. The normalized spacial score (nSPS) is 18.0. The Balaban J connectivity index is 3.01. The molecule has 0 bridgehead atoms. The van der Waals surface area contributed by atoms with Gasteiger partial charge in [-0.15, -0.1) is 11.8 Å². The van der Waals surface area contributed by atoms with Gasteiger partial charge in [0, 0.05) is 31.9 Å². The van der Waals surface area contributed by atoms with Crippen molar-refractivity contribution in [2.45, 2.75) is 113 Å². The maximum absolute atomic E-state index is 14.3. The van der Waals surface area contributed by atoms with E-state index in [1.54, 1.807) is 4.90 Å². The van der Waals surface area contributed by atoms with E-state index < -0.39 is 54.3 Å². The summed E-state index contributed by atoms with van der Waals surface area (Å²) in [5.74, 6) is -36.1. The molecule has 0 aromatic rings. The number of alkyl halides is 13. The summed E-state index contributed by atoms with van der Waals surface area (Å²) in [6, 6.07) is 0. The zero-order valence-corrected chi connectivity index (χ0v) is 22.3. The van der Waals surface area contributed by atoms with Gasteiger partial charge < -0.3 is 9.80 Å². The second-order valence-electron chi connectivity index (χ2n) is 9.34. The first-order valence-electron chi connectivity index (χ1n) is 12.5. The lowest BCUT2D eigenvalue weighted by atomic mass is 9.92. The van der Waals surface area contributed by atoms with E-state index in [0.717, 1.165) is 43.4 Å². The van der Waals surface area contributed by atoms with Gasteiger partial charge in [0.05, 0.1) is 0 Å². The first kappa shape index (κ1) is 35.8. The summed E-state index contributed by atoms with van der Waals surface area (Å²) in [6.07, 6.45) is 0.162. The summed E-state index contributed by atoms with van der Waals surface area (Å²) in [7, 11) is 0. The van der Waals surface area contributed by atoms with E-state index >= 15 is 0 Å². The van der Waals surface area contributed by atoms with E-state index in [9.17, 15) is 57.1 Å². The van der Waals surface area contributed by atoms with Crippen molar-refractivity contribution in [1.82, 2.24) is 9.80 Å². The standard InChI is InChI=1S/C23H33F13N2S/c1-3-5-7-8-9-10-12-37-14-15-38(17(37)39-16-6-4-2)13-11-18(24,25)19(26,27)20(28,29)21(30,31)22(32,33)23(34,35)36/h14-15,17H,3-13,16H2,1-2H3. The Bertz CT molecular complexity index is 772. The third-order valence-corrected chi connectivity index (χ3v) is 7.60. The molecule has 2 nitrogen and oxygen atoms in total. The van der Waals surface area contributed by atoms with Crippen molar-refractivity contribution in [2.75, 3.05) is 18.8 Å². The van der Waals surface area contributed by atoms with E-state index in [-0.39, 0.29) is 0 Å². The molecule has 0 N–H and O–H groups in total. The lowest BCUT2D eigenvalue weighted by molar-refractivity contribution is -0.440. The van der Waals surface area contributed by atoms with Crippen molar-refractivity contribution in [3.8, 4) is 0 Å². The molecule has 1 rings (SSSR count). The molecule has 0 fully saturated rings. The monoisotopic (exact) mass is 616 g/mol. The highest BCUT2D eigenvalue weighted by Crippen LogP contribution is 2.60. The second kappa shape index (κ2) is 13.6. The summed E-state index contributed by atoms with van der Waals surface area (Å²) >= 11 is 1.24. The van der Waals surface area contributed by atoms with Crippen LogP contribution in [-0.2, 0) is 0 Å². The highest BCUT2D eigenvalue weighted by atomic mass is 32.2. The average Bonchev–Trinajstić information content (AvgIpc) is 3.20. The molecule has 1 aliphatic heterocycles. The maximum Gasteiger partial charge on any atom is 0.460 e. The first-order valence-corrected chi connectivity index (χ1v) is 13.5. The van der Waals surface area contributed by atoms with Gasteiger partial charge in [0.25, 0.3) is 0 Å².